The number of carboxylic acid groups (broad SMARTS) is 1. The van der Waals surface area contributed by atoms with Crippen LogP contribution in [-0.2, 0) is 19.4 Å². The van der Waals surface area contributed by atoms with E-state index in [2.05, 4.69) is 0 Å². The zero-order chi connectivity index (χ0) is 17.9. The van der Waals surface area contributed by atoms with Crippen molar-refractivity contribution in [3.63, 3.8) is 0 Å². The van der Waals surface area contributed by atoms with Crippen LogP contribution in [-0.4, -0.2) is 53.9 Å². The lowest BCUT2D eigenvalue weighted by molar-refractivity contribution is -0.145. The van der Waals surface area contributed by atoms with Gasteiger partial charge in [0.2, 0.25) is 5.91 Å². The smallest absolute Gasteiger partial charge is 0.308 e. The number of carbonyl (C=O) groups excluding carboxylic acids is 1. The lowest BCUT2D eigenvalue weighted by Gasteiger charge is -2.36. The van der Waals surface area contributed by atoms with Gasteiger partial charge in [-0.05, 0) is 31.6 Å². The average molecular weight is 359 g/mol. The number of carboxylic acids is 1. The fourth-order valence-electron chi connectivity index (χ4n) is 3.96. The molecule has 0 spiro atoms. The highest BCUT2D eigenvalue weighted by atomic mass is 32.2. The molecule has 2 aliphatic rings. The Morgan fingerprint density at radius 3 is 2.21 bits per heavy atom. The molecule has 2 rings (SSSR count). The summed E-state index contributed by atoms with van der Waals surface area (Å²) in [6.07, 6.45) is 5.27. The van der Waals surface area contributed by atoms with Crippen molar-refractivity contribution in [1.29, 1.82) is 0 Å². The van der Waals surface area contributed by atoms with Crippen molar-refractivity contribution in [2.75, 3.05) is 13.1 Å². The Morgan fingerprint density at radius 1 is 1.04 bits per heavy atom. The number of hydrogen-bond donors (Lipinski definition) is 1. The molecule has 2 fully saturated rings. The van der Waals surface area contributed by atoms with E-state index >= 15 is 0 Å². The third-order valence-corrected chi connectivity index (χ3v) is 8.16. The molecule has 0 bridgehead atoms. The third kappa shape index (κ3) is 4.10. The number of hydrogen-bond acceptors (Lipinski definition) is 4. The Morgan fingerprint density at radius 2 is 1.67 bits per heavy atom. The maximum Gasteiger partial charge on any atom is 0.308 e. The summed E-state index contributed by atoms with van der Waals surface area (Å²) in [7, 11) is -3.55. The fourth-order valence-corrected chi connectivity index (χ4v) is 6.56. The minimum absolute atomic E-state index is 0.123. The molecule has 0 radical (unpaired) electrons. The molecule has 1 amide bonds. The van der Waals surface area contributed by atoms with Crippen LogP contribution in [0.2, 0.25) is 0 Å². The summed E-state index contributed by atoms with van der Waals surface area (Å²) in [4.78, 5) is 25.6. The van der Waals surface area contributed by atoms with Crippen LogP contribution >= 0.6 is 0 Å². The van der Waals surface area contributed by atoms with Crippen LogP contribution in [0.15, 0.2) is 0 Å². The predicted octanol–water partition coefficient (Wildman–Crippen LogP) is 2.08. The molecule has 0 aromatic carbocycles. The highest BCUT2D eigenvalue weighted by Crippen LogP contribution is 2.30. The van der Waals surface area contributed by atoms with Crippen molar-refractivity contribution in [2.45, 2.75) is 69.3 Å². The molecule has 2 atom stereocenters. The van der Waals surface area contributed by atoms with Crippen molar-refractivity contribution in [3.05, 3.63) is 0 Å². The van der Waals surface area contributed by atoms with Gasteiger partial charge in [0.1, 0.15) is 5.25 Å². The zero-order valence-corrected chi connectivity index (χ0v) is 15.4. The van der Waals surface area contributed by atoms with Crippen molar-refractivity contribution >= 4 is 21.7 Å². The lowest BCUT2D eigenvalue weighted by Crippen LogP contribution is -2.52. The van der Waals surface area contributed by atoms with Gasteiger partial charge in [-0.3, -0.25) is 9.59 Å². The zero-order valence-electron chi connectivity index (χ0n) is 14.6. The van der Waals surface area contributed by atoms with Crippen molar-refractivity contribution < 1.29 is 23.1 Å². The largest absolute Gasteiger partial charge is 0.481 e. The van der Waals surface area contributed by atoms with Crippen LogP contribution < -0.4 is 0 Å². The number of carbonyl (C=O) groups is 2. The monoisotopic (exact) mass is 359 g/mol. The van der Waals surface area contributed by atoms with Gasteiger partial charge in [0.25, 0.3) is 0 Å². The Bertz CT molecular complexity index is 566. The molecule has 0 unspecified atom stereocenters. The van der Waals surface area contributed by atoms with Crippen LogP contribution in [0, 0.1) is 11.8 Å². The minimum atomic E-state index is -3.55. The number of likely N-dealkylation sites (tertiary alicyclic amines) is 1. The Labute approximate surface area is 144 Å². The number of sulfone groups is 1. The summed E-state index contributed by atoms with van der Waals surface area (Å²) in [6, 6.07) is 0. The van der Waals surface area contributed by atoms with Gasteiger partial charge in [0.15, 0.2) is 9.84 Å². The molecule has 1 heterocycles. The van der Waals surface area contributed by atoms with Gasteiger partial charge in [-0.25, -0.2) is 8.42 Å². The molecule has 1 saturated heterocycles. The molecule has 6 nitrogen and oxygen atoms in total. The standard InChI is InChI=1S/C17H29NO5S/c1-12(2)15(24(22,23)14-8-4-3-5-9-14)16(19)18-10-6-7-13(11-18)17(20)21/h12-15H,3-11H2,1-2H3,(H,20,21)/t13-,15+/m1/s1. The van der Waals surface area contributed by atoms with Gasteiger partial charge >= 0.3 is 5.97 Å². The van der Waals surface area contributed by atoms with Gasteiger partial charge in [0.05, 0.1) is 11.2 Å². The van der Waals surface area contributed by atoms with E-state index in [1.807, 2.05) is 0 Å². The molecule has 1 aliphatic carbocycles. The van der Waals surface area contributed by atoms with Gasteiger partial charge in [-0.15, -0.1) is 0 Å². The fraction of sp³-hybridized carbons (Fsp3) is 0.882. The van der Waals surface area contributed by atoms with Crippen LogP contribution in [0.3, 0.4) is 0 Å². The average Bonchev–Trinajstić information content (AvgIpc) is 2.55. The first-order valence-electron chi connectivity index (χ1n) is 8.99. The molecule has 1 aliphatic heterocycles. The second kappa shape index (κ2) is 7.85. The summed E-state index contributed by atoms with van der Waals surface area (Å²) < 4.78 is 26.1. The Balaban J connectivity index is 2.20. The second-order valence-corrected chi connectivity index (χ2v) is 9.83. The SMILES string of the molecule is CC(C)[C@@H](C(=O)N1CCC[C@@H](C(=O)O)C1)S(=O)(=O)C1CCCCC1. The van der Waals surface area contributed by atoms with E-state index in [1.165, 1.54) is 4.90 Å². The highest BCUT2D eigenvalue weighted by molar-refractivity contribution is 7.93. The summed E-state index contributed by atoms with van der Waals surface area (Å²) in [5, 5.41) is 7.72. The van der Waals surface area contributed by atoms with E-state index in [4.69, 9.17) is 0 Å². The van der Waals surface area contributed by atoms with Crippen molar-refractivity contribution in [1.82, 2.24) is 4.90 Å². The number of piperidine rings is 1. The van der Waals surface area contributed by atoms with Gasteiger partial charge in [0, 0.05) is 13.1 Å². The Hall–Kier alpha value is -1.11. The number of rotatable bonds is 5. The van der Waals surface area contributed by atoms with E-state index in [9.17, 15) is 23.1 Å². The summed E-state index contributed by atoms with van der Waals surface area (Å²) >= 11 is 0. The molecule has 7 heteroatoms. The number of amides is 1. The van der Waals surface area contributed by atoms with Crippen LogP contribution in [0.1, 0.15) is 58.8 Å². The molecule has 1 N–H and O–H groups in total. The first kappa shape index (κ1) is 19.2. The maximum atomic E-state index is 13.1. The van der Waals surface area contributed by atoms with Crippen molar-refractivity contribution in [3.8, 4) is 0 Å². The van der Waals surface area contributed by atoms with E-state index in [0.29, 0.717) is 32.2 Å². The summed E-state index contributed by atoms with van der Waals surface area (Å²) in [6.45, 7) is 4.10. The molecule has 1 saturated carbocycles. The topological polar surface area (TPSA) is 91.8 Å². The van der Waals surface area contributed by atoms with E-state index < -0.39 is 38.1 Å². The quantitative estimate of drug-likeness (QED) is 0.811. The molecule has 0 aromatic heterocycles. The van der Waals surface area contributed by atoms with Gasteiger partial charge in [-0.2, -0.15) is 0 Å². The Kier molecular flexibility index (Phi) is 6.28. The van der Waals surface area contributed by atoms with Gasteiger partial charge in [-0.1, -0.05) is 33.1 Å². The molecular weight excluding hydrogens is 330 g/mol. The highest BCUT2D eigenvalue weighted by Gasteiger charge is 2.44. The first-order valence-corrected chi connectivity index (χ1v) is 10.6. The molecule has 24 heavy (non-hydrogen) atoms. The normalized spacial score (nSPS) is 24.8. The first-order chi connectivity index (χ1) is 11.2. The maximum absolute atomic E-state index is 13.1. The summed E-state index contributed by atoms with van der Waals surface area (Å²) in [5.41, 5.74) is 0. The molecule has 138 valence electrons. The van der Waals surface area contributed by atoms with E-state index in [0.717, 1.165) is 19.3 Å². The van der Waals surface area contributed by atoms with Crippen LogP contribution in [0.25, 0.3) is 0 Å². The van der Waals surface area contributed by atoms with Crippen LogP contribution in [0.5, 0.6) is 0 Å². The minimum Gasteiger partial charge on any atom is -0.481 e. The van der Waals surface area contributed by atoms with E-state index in [1.54, 1.807) is 13.8 Å². The van der Waals surface area contributed by atoms with Crippen LogP contribution in [0.4, 0.5) is 0 Å². The second-order valence-electron chi connectivity index (χ2n) is 7.48. The molecule has 0 aromatic rings. The molecular formula is C17H29NO5S. The number of aliphatic carboxylic acids is 1. The third-order valence-electron chi connectivity index (χ3n) is 5.30. The predicted molar refractivity (Wildman–Crippen MR) is 91.4 cm³/mol. The summed E-state index contributed by atoms with van der Waals surface area (Å²) in [5.74, 6) is -2.22. The number of nitrogens with zero attached hydrogens (tertiary/aromatic N) is 1. The van der Waals surface area contributed by atoms with E-state index in [-0.39, 0.29) is 12.5 Å². The van der Waals surface area contributed by atoms with Crippen molar-refractivity contribution in [2.24, 2.45) is 11.8 Å². The van der Waals surface area contributed by atoms with Gasteiger partial charge < -0.3 is 10.0 Å². The lowest BCUT2D eigenvalue weighted by atomic mass is 9.97.